The summed E-state index contributed by atoms with van der Waals surface area (Å²) in [7, 11) is 0. The molecule has 0 radical (unpaired) electrons. The lowest BCUT2D eigenvalue weighted by atomic mass is 9.96. The highest BCUT2D eigenvalue weighted by Gasteiger charge is 2.28. The van der Waals surface area contributed by atoms with Crippen LogP contribution in [0.15, 0.2) is 47.8 Å². The summed E-state index contributed by atoms with van der Waals surface area (Å²) in [6, 6.07) is 13.2. The zero-order valence-electron chi connectivity index (χ0n) is 18.8. The molecule has 3 amide bonds. The molecule has 0 spiro atoms. The third-order valence-electron chi connectivity index (χ3n) is 5.48. The van der Waals surface area contributed by atoms with E-state index < -0.39 is 0 Å². The number of piperidine rings is 1. The molecule has 10 heteroatoms. The van der Waals surface area contributed by atoms with Crippen molar-refractivity contribution in [1.82, 2.24) is 15.2 Å². The van der Waals surface area contributed by atoms with E-state index in [4.69, 9.17) is 4.74 Å². The van der Waals surface area contributed by atoms with Gasteiger partial charge < -0.3 is 20.3 Å². The van der Waals surface area contributed by atoms with Crippen LogP contribution >= 0.6 is 22.7 Å². The molecule has 178 valence electrons. The van der Waals surface area contributed by atoms with Crippen LogP contribution in [0.2, 0.25) is 0 Å². The molecule has 1 aromatic carbocycles. The zero-order valence-corrected chi connectivity index (χ0v) is 20.4. The Labute approximate surface area is 206 Å². The second kappa shape index (κ2) is 11.3. The van der Waals surface area contributed by atoms with E-state index >= 15 is 0 Å². The smallest absolute Gasteiger partial charge is 0.260 e. The number of ether oxygens (including phenoxy) is 1. The van der Waals surface area contributed by atoms with Crippen molar-refractivity contribution in [3.63, 3.8) is 0 Å². The van der Waals surface area contributed by atoms with E-state index in [1.165, 1.54) is 18.3 Å². The third-order valence-corrected chi connectivity index (χ3v) is 7.35. The van der Waals surface area contributed by atoms with E-state index in [0.717, 1.165) is 15.4 Å². The molecule has 1 aliphatic rings. The Morgan fingerprint density at radius 1 is 1.12 bits per heavy atom. The van der Waals surface area contributed by atoms with Gasteiger partial charge >= 0.3 is 0 Å². The number of amides is 3. The van der Waals surface area contributed by atoms with Crippen LogP contribution in [0.1, 0.15) is 24.6 Å². The Hall–Kier alpha value is -3.24. The lowest BCUT2D eigenvalue weighted by Crippen LogP contribution is -2.43. The summed E-state index contributed by atoms with van der Waals surface area (Å²) in [6.45, 7) is 3.05. The maximum Gasteiger partial charge on any atom is 0.260 e. The van der Waals surface area contributed by atoms with Gasteiger partial charge in [-0.25, -0.2) is 4.98 Å². The first kappa shape index (κ1) is 23.9. The van der Waals surface area contributed by atoms with Crippen molar-refractivity contribution in [3.05, 3.63) is 52.7 Å². The van der Waals surface area contributed by atoms with Gasteiger partial charge in [-0.2, -0.15) is 0 Å². The standard InChI is InChI=1S/C24H26N4O4S2/c1-16(29)25-13-19-7-8-21(34-19)20-15-33-24(26-20)27-23(31)17-9-11-28(12-10-17)22(30)14-32-18-5-3-2-4-6-18/h2-8,15,17H,9-14H2,1H3,(H,25,29)(H,26,27,31). The van der Waals surface area contributed by atoms with Gasteiger partial charge in [-0.1, -0.05) is 18.2 Å². The van der Waals surface area contributed by atoms with Crippen molar-refractivity contribution in [2.45, 2.75) is 26.3 Å². The molecule has 34 heavy (non-hydrogen) atoms. The van der Waals surface area contributed by atoms with Gasteiger partial charge in [0.15, 0.2) is 11.7 Å². The van der Waals surface area contributed by atoms with Gasteiger partial charge in [0.05, 0.1) is 17.1 Å². The fourth-order valence-corrected chi connectivity index (χ4v) is 5.31. The van der Waals surface area contributed by atoms with E-state index in [9.17, 15) is 14.4 Å². The number of likely N-dealkylation sites (tertiary alicyclic amines) is 1. The predicted octanol–water partition coefficient (Wildman–Crippen LogP) is 3.76. The van der Waals surface area contributed by atoms with Crippen LogP contribution in [0, 0.1) is 5.92 Å². The summed E-state index contributed by atoms with van der Waals surface area (Å²) < 4.78 is 5.54. The number of hydrogen-bond donors (Lipinski definition) is 2. The molecule has 0 saturated carbocycles. The molecule has 1 aliphatic heterocycles. The number of para-hydroxylation sites is 1. The lowest BCUT2D eigenvalue weighted by molar-refractivity contribution is -0.136. The number of rotatable bonds is 8. The lowest BCUT2D eigenvalue weighted by Gasteiger charge is -2.31. The van der Waals surface area contributed by atoms with Crippen molar-refractivity contribution in [2.75, 3.05) is 25.0 Å². The highest BCUT2D eigenvalue weighted by Crippen LogP contribution is 2.31. The van der Waals surface area contributed by atoms with Crippen LogP contribution in [0.5, 0.6) is 5.75 Å². The molecular weight excluding hydrogens is 472 g/mol. The summed E-state index contributed by atoms with van der Waals surface area (Å²) >= 11 is 2.95. The number of aromatic nitrogens is 1. The first-order valence-electron chi connectivity index (χ1n) is 11.0. The fraction of sp³-hybridized carbons (Fsp3) is 0.333. The fourth-order valence-electron chi connectivity index (χ4n) is 3.62. The highest BCUT2D eigenvalue weighted by molar-refractivity contribution is 7.17. The summed E-state index contributed by atoms with van der Waals surface area (Å²) in [5, 5.41) is 8.19. The van der Waals surface area contributed by atoms with Crippen LogP contribution in [-0.4, -0.2) is 47.3 Å². The number of nitrogens with one attached hydrogen (secondary N) is 2. The third kappa shape index (κ3) is 6.42. The first-order chi connectivity index (χ1) is 16.5. The second-order valence-corrected chi connectivity index (χ2v) is 9.99. The molecule has 3 aromatic rings. The van der Waals surface area contributed by atoms with Crippen LogP contribution in [0.4, 0.5) is 5.13 Å². The molecule has 0 unspecified atom stereocenters. The van der Waals surface area contributed by atoms with Crippen molar-refractivity contribution in [3.8, 4) is 16.3 Å². The first-order valence-corrected chi connectivity index (χ1v) is 12.7. The number of benzene rings is 1. The number of nitrogens with zero attached hydrogens (tertiary/aromatic N) is 2. The number of carbonyl (C=O) groups excluding carboxylic acids is 3. The topological polar surface area (TPSA) is 101 Å². The summed E-state index contributed by atoms with van der Waals surface area (Å²) in [6.07, 6.45) is 1.22. The van der Waals surface area contributed by atoms with Crippen LogP contribution in [0.25, 0.3) is 10.6 Å². The molecule has 2 aromatic heterocycles. The average molecular weight is 499 g/mol. The molecule has 1 fully saturated rings. The highest BCUT2D eigenvalue weighted by atomic mass is 32.1. The predicted molar refractivity (Wildman–Crippen MR) is 133 cm³/mol. The molecule has 8 nitrogen and oxygen atoms in total. The van der Waals surface area contributed by atoms with Gasteiger partial charge in [0.25, 0.3) is 5.91 Å². The number of hydrogen-bond acceptors (Lipinski definition) is 7. The van der Waals surface area contributed by atoms with Crippen molar-refractivity contribution < 1.29 is 19.1 Å². The number of carbonyl (C=O) groups is 3. The Morgan fingerprint density at radius 3 is 2.62 bits per heavy atom. The molecule has 0 atom stereocenters. The van der Waals surface area contributed by atoms with E-state index in [0.29, 0.717) is 43.4 Å². The van der Waals surface area contributed by atoms with E-state index in [2.05, 4.69) is 15.6 Å². The molecular formula is C24H26N4O4S2. The largest absolute Gasteiger partial charge is 0.484 e. The summed E-state index contributed by atoms with van der Waals surface area (Å²) in [5.74, 6) is 0.313. The molecule has 4 rings (SSSR count). The van der Waals surface area contributed by atoms with E-state index in [-0.39, 0.29) is 30.2 Å². The molecule has 0 bridgehead atoms. The van der Waals surface area contributed by atoms with Crippen molar-refractivity contribution in [1.29, 1.82) is 0 Å². The van der Waals surface area contributed by atoms with Crippen molar-refractivity contribution in [2.24, 2.45) is 5.92 Å². The second-order valence-electron chi connectivity index (χ2n) is 7.96. The maximum absolute atomic E-state index is 12.7. The quantitative estimate of drug-likeness (QED) is 0.493. The van der Waals surface area contributed by atoms with E-state index in [1.54, 1.807) is 16.2 Å². The monoisotopic (exact) mass is 498 g/mol. The zero-order chi connectivity index (χ0) is 23.9. The SMILES string of the molecule is CC(=O)NCc1ccc(-c2csc(NC(=O)C3CCN(C(=O)COc4ccccc4)CC3)n2)s1. The Balaban J connectivity index is 1.23. The van der Waals surface area contributed by atoms with Crippen LogP contribution in [-0.2, 0) is 20.9 Å². The number of anilines is 1. The van der Waals surface area contributed by atoms with Gasteiger partial charge in [0, 0.05) is 36.2 Å². The Morgan fingerprint density at radius 2 is 1.88 bits per heavy atom. The molecule has 2 N–H and O–H groups in total. The number of thiazole rings is 1. The summed E-state index contributed by atoms with van der Waals surface area (Å²) in [4.78, 5) is 44.6. The normalized spacial score (nSPS) is 14.0. The molecule has 3 heterocycles. The molecule has 0 aliphatic carbocycles. The molecule has 1 saturated heterocycles. The summed E-state index contributed by atoms with van der Waals surface area (Å²) in [5.41, 5.74) is 0.804. The van der Waals surface area contributed by atoms with Crippen molar-refractivity contribution >= 4 is 45.5 Å². The minimum absolute atomic E-state index is 0.00197. The van der Waals surface area contributed by atoms with Gasteiger partial charge in [0.1, 0.15) is 5.75 Å². The van der Waals surface area contributed by atoms with Gasteiger partial charge in [0.2, 0.25) is 11.8 Å². The van der Waals surface area contributed by atoms with Gasteiger partial charge in [-0.3, -0.25) is 14.4 Å². The minimum atomic E-state index is -0.155. The van der Waals surface area contributed by atoms with Crippen LogP contribution in [0.3, 0.4) is 0 Å². The van der Waals surface area contributed by atoms with Gasteiger partial charge in [-0.05, 0) is 37.1 Å². The average Bonchev–Trinajstić information content (AvgIpc) is 3.51. The Bertz CT molecular complexity index is 1140. The van der Waals surface area contributed by atoms with Crippen LogP contribution < -0.4 is 15.4 Å². The van der Waals surface area contributed by atoms with E-state index in [1.807, 2.05) is 47.8 Å². The Kier molecular flexibility index (Phi) is 7.91. The maximum atomic E-state index is 12.7. The van der Waals surface area contributed by atoms with Gasteiger partial charge in [-0.15, -0.1) is 22.7 Å². The minimum Gasteiger partial charge on any atom is -0.484 e. The number of thiophene rings is 1.